The molecule has 1 aliphatic carbocycles. The third-order valence-electron chi connectivity index (χ3n) is 4.79. The van der Waals surface area contributed by atoms with Crippen molar-refractivity contribution in [3.8, 4) is 0 Å². The van der Waals surface area contributed by atoms with E-state index in [0.29, 0.717) is 24.8 Å². The topological polar surface area (TPSA) is 3.24 Å². The van der Waals surface area contributed by atoms with Crippen molar-refractivity contribution in [2.75, 3.05) is 13.6 Å². The van der Waals surface area contributed by atoms with Gasteiger partial charge in [-0.05, 0) is 43.4 Å². The Morgan fingerprint density at radius 1 is 1.16 bits per heavy atom. The van der Waals surface area contributed by atoms with Crippen molar-refractivity contribution in [3.05, 3.63) is 35.4 Å². The van der Waals surface area contributed by atoms with Gasteiger partial charge >= 0.3 is 0 Å². The van der Waals surface area contributed by atoms with Gasteiger partial charge in [-0.15, -0.1) is 0 Å². The van der Waals surface area contributed by atoms with Crippen LogP contribution < -0.4 is 0 Å². The maximum absolute atomic E-state index is 13.3. The van der Waals surface area contributed by atoms with Crippen molar-refractivity contribution in [2.45, 2.75) is 44.1 Å². The summed E-state index contributed by atoms with van der Waals surface area (Å²) in [6.07, 6.45) is 2.49. The predicted octanol–water partition coefficient (Wildman–Crippen LogP) is 4.04. The van der Waals surface area contributed by atoms with Crippen LogP contribution in [0.5, 0.6) is 0 Å². The number of fused-ring (bicyclic) bond motifs is 1. The average Bonchev–Trinajstić information content (AvgIpc) is 2.40. The van der Waals surface area contributed by atoms with Crippen molar-refractivity contribution in [1.29, 1.82) is 0 Å². The Hall–Kier alpha value is -0.960. The molecule has 1 aromatic rings. The molecule has 1 saturated carbocycles. The third kappa shape index (κ3) is 2.53. The summed E-state index contributed by atoms with van der Waals surface area (Å²) in [5, 5.41) is 0. The number of hydrogen-bond acceptors (Lipinski definition) is 1. The standard InChI is InChI=1S/C16H21F2N/c1-19-11-8-12-4-2-3-5-14(12)15(19)13-6-9-16(17,18)10-7-13/h2-5,13,15H,6-11H2,1H3. The highest BCUT2D eigenvalue weighted by atomic mass is 19.3. The molecule has 0 radical (unpaired) electrons. The number of hydrogen-bond donors (Lipinski definition) is 0. The molecule has 0 N–H and O–H groups in total. The van der Waals surface area contributed by atoms with Crippen LogP contribution in [-0.2, 0) is 6.42 Å². The predicted molar refractivity (Wildman–Crippen MR) is 72.4 cm³/mol. The molecule has 1 atom stereocenters. The Kier molecular flexibility index (Phi) is 3.34. The highest BCUT2D eigenvalue weighted by Crippen LogP contribution is 2.45. The molecule has 1 fully saturated rings. The molecule has 104 valence electrons. The van der Waals surface area contributed by atoms with Gasteiger partial charge in [0, 0.05) is 25.4 Å². The number of halogens is 2. The lowest BCUT2D eigenvalue weighted by molar-refractivity contribution is -0.0562. The molecule has 1 unspecified atom stereocenters. The van der Waals surface area contributed by atoms with E-state index in [1.54, 1.807) is 0 Å². The zero-order chi connectivity index (χ0) is 13.5. The number of likely N-dealkylation sites (N-methyl/N-ethyl adjacent to an activating group) is 1. The van der Waals surface area contributed by atoms with Crippen LogP contribution in [0.3, 0.4) is 0 Å². The van der Waals surface area contributed by atoms with Gasteiger partial charge in [0.25, 0.3) is 0 Å². The first-order valence-electron chi connectivity index (χ1n) is 7.23. The molecule has 1 heterocycles. The molecule has 0 bridgehead atoms. The number of nitrogens with zero attached hydrogens (tertiary/aromatic N) is 1. The van der Waals surface area contributed by atoms with E-state index in [0.717, 1.165) is 13.0 Å². The minimum absolute atomic E-state index is 0.0597. The first kappa shape index (κ1) is 13.0. The van der Waals surface area contributed by atoms with Crippen molar-refractivity contribution >= 4 is 0 Å². The number of benzene rings is 1. The lowest BCUT2D eigenvalue weighted by atomic mass is 9.76. The molecular weight excluding hydrogens is 244 g/mol. The second-order valence-corrected chi connectivity index (χ2v) is 6.07. The molecule has 19 heavy (non-hydrogen) atoms. The van der Waals surface area contributed by atoms with E-state index < -0.39 is 5.92 Å². The monoisotopic (exact) mass is 265 g/mol. The second kappa shape index (κ2) is 4.86. The van der Waals surface area contributed by atoms with Crippen molar-refractivity contribution in [2.24, 2.45) is 5.92 Å². The number of alkyl halides is 2. The quantitative estimate of drug-likeness (QED) is 0.740. The van der Waals surface area contributed by atoms with Crippen molar-refractivity contribution in [3.63, 3.8) is 0 Å². The van der Waals surface area contributed by atoms with Crippen LogP contribution in [0.2, 0.25) is 0 Å². The maximum Gasteiger partial charge on any atom is 0.248 e. The molecule has 3 heteroatoms. The first-order valence-corrected chi connectivity index (χ1v) is 7.23. The van der Waals surface area contributed by atoms with Gasteiger partial charge in [-0.3, -0.25) is 4.90 Å². The summed E-state index contributed by atoms with van der Waals surface area (Å²) in [4.78, 5) is 2.36. The van der Waals surface area contributed by atoms with E-state index in [1.807, 2.05) is 0 Å². The van der Waals surface area contributed by atoms with E-state index in [4.69, 9.17) is 0 Å². The fourth-order valence-corrected chi connectivity index (χ4v) is 3.72. The van der Waals surface area contributed by atoms with Crippen LogP contribution >= 0.6 is 0 Å². The first-order chi connectivity index (χ1) is 9.07. The summed E-state index contributed by atoms with van der Waals surface area (Å²) in [5.74, 6) is -2.05. The van der Waals surface area contributed by atoms with E-state index in [9.17, 15) is 8.78 Å². The van der Waals surface area contributed by atoms with E-state index >= 15 is 0 Å². The molecule has 1 aromatic carbocycles. The molecule has 3 rings (SSSR count). The van der Waals surface area contributed by atoms with Crippen LogP contribution in [0.25, 0.3) is 0 Å². The largest absolute Gasteiger partial charge is 0.299 e. The fraction of sp³-hybridized carbons (Fsp3) is 0.625. The van der Waals surface area contributed by atoms with Gasteiger partial charge in [0.05, 0.1) is 0 Å². The highest BCUT2D eigenvalue weighted by molar-refractivity contribution is 5.33. The van der Waals surface area contributed by atoms with Crippen LogP contribution in [0, 0.1) is 5.92 Å². The smallest absolute Gasteiger partial charge is 0.248 e. The lowest BCUT2D eigenvalue weighted by Gasteiger charge is -2.42. The van der Waals surface area contributed by atoms with Gasteiger partial charge in [-0.2, -0.15) is 0 Å². The average molecular weight is 265 g/mol. The molecule has 1 aliphatic heterocycles. The Morgan fingerprint density at radius 3 is 2.58 bits per heavy atom. The lowest BCUT2D eigenvalue weighted by Crippen LogP contribution is -2.39. The second-order valence-electron chi connectivity index (χ2n) is 6.07. The molecular formula is C16H21F2N. The Labute approximate surface area is 113 Å². The van der Waals surface area contributed by atoms with Crippen molar-refractivity contribution < 1.29 is 8.78 Å². The normalized spacial score (nSPS) is 28.1. The molecule has 2 aliphatic rings. The van der Waals surface area contributed by atoms with Crippen LogP contribution in [-0.4, -0.2) is 24.4 Å². The highest BCUT2D eigenvalue weighted by Gasteiger charge is 2.40. The zero-order valence-electron chi connectivity index (χ0n) is 11.4. The zero-order valence-corrected chi connectivity index (χ0v) is 11.4. The minimum Gasteiger partial charge on any atom is -0.299 e. The molecule has 1 nitrogen and oxygen atoms in total. The van der Waals surface area contributed by atoms with E-state index in [1.165, 1.54) is 11.1 Å². The SMILES string of the molecule is CN1CCc2ccccc2C1C1CCC(F)(F)CC1. The Bertz CT molecular complexity index is 448. The molecule has 0 aromatic heterocycles. The molecule has 0 amide bonds. The Morgan fingerprint density at radius 2 is 1.84 bits per heavy atom. The van der Waals surface area contributed by atoms with Gasteiger partial charge in [0.15, 0.2) is 0 Å². The summed E-state index contributed by atoms with van der Waals surface area (Å²) in [6.45, 7) is 1.04. The fourth-order valence-electron chi connectivity index (χ4n) is 3.72. The summed E-state index contributed by atoms with van der Waals surface area (Å²) < 4.78 is 26.6. The number of rotatable bonds is 1. The minimum atomic E-state index is -2.43. The Balaban J connectivity index is 1.84. The van der Waals surface area contributed by atoms with Gasteiger partial charge < -0.3 is 0 Å². The van der Waals surface area contributed by atoms with Gasteiger partial charge in [-0.25, -0.2) is 8.78 Å². The van der Waals surface area contributed by atoms with Crippen LogP contribution in [0.15, 0.2) is 24.3 Å². The summed E-state index contributed by atoms with van der Waals surface area (Å²) in [5.41, 5.74) is 2.77. The van der Waals surface area contributed by atoms with Gasteiger partial charge in [-0.1, -0.05) is 24.3 Å². The van der Waals surface area contributed by atoms with Gasteiger partial charge in [0.2, 0.25) is 5.92 Å². The van der Waals surface area contributed by atoms with Crippen molar-refractivity contribution in [1.82, 2.24) is 4.90 Å². The van der Waals surface area contributed by atoms with Gasteiger partial charge in [0.1, 0.15) is 0 Å². The molecule has 0 spiro atoms. The summed E-state index contributed by atoms with van der Waals surface area (Å²) >= 11 is 0. The molecule has 0 saturated heterocycles. The van der Waals surface area contributed by atoms with Crippen LogP contribution in [0.1, 0.15) is 42.9 Å². The summed E-state index contributed by atoms with van der Waals surface area (Å²) in [6, 6.07) is 8.86. The maximum atomic E-state index is 13.3. The third-order valence-corrected chi connectivity index (χ3v) is 4.79. The van der Waals surface area contributed by atoms with E-state index in [2.05, 4.69) is 36.2 Å². The summed E-state index contributed by atoms with van der Waals surface area (Å²) in [7, 11) is 2.13. The van der Waals surface area contributed by atoms with Crippen LogP contribution in [0.4, 0.5) is 8.78 Å². The van der Waals surface area contributed by atoms with E-state index in [-0.39, 0.29) is 12.8 Å².